The first-order chi connectivity index (χ1) is 18.2. The number of halogens is 6. The zero-order chi connectivity index (χ0) is 28.8. The second-order valence-corrected chi connectivity index (χ2v) is 10.6. The SMILES string of the molecule is CC(c1ccc(CC(=O)Nc2ccc(C(OCCN3CCCCC3)(C(F)(F)F)C(F)(F)F)cc2)cc1)S(=O)O. The van der Waals surface area contributed by atoms with Crippen LogP contribution in [-0.4, -0.2) is 58.2 Å². The van der Waals surface area contributed by atoms with Crippen LogP contribution in [0.2, 0.25) is 0 Å². The van der Waals surface area contributed by atoms with E-state index in [4.69, 9.17) is 0 Å². The average molecular weight is 581 g/mol. The van der Waals surface area contributed by atoms with E-state index in [-0.39, 0.29) is 18.7 Å². The molecular formula is C26H30F6N2O4S. The van der Waals surface area contributed by atoms with Crippen molar-refractivity contribution in [2.45, 2.75) is 55.8 Å². The summed E-state index contributed by atoms with van der Waals surface area (Å²) in [6, 6.07) is 9.60. The minimum atomic E-state index is -5.79. The highest BCUT2D eigenvalue weighted by Crippen LogP contribution is 2.53. The number of nitrogens with zero attached hydrogens (tertiary/aromatic N) is 1. The van der Waals surface area contributed by atoms with Gasteiger partial charge in [0.2, 0.25) is 5.91 Å². The molecule has 2 aromatic rings. The van der Waals surface area contributed by atoms with Crippen LogP contribution in [0.4, 0.5) is 32.0 Å². The fourth-order valence-electron chi connectivity index (χ4n) is 4.45. The van der Waals surface area contributed by atoms with Gasteiger partial charge in [0.15, 0.2) is 11.1 Å². The number of piperidine rings is 1. The van der Waals surface area contributed by atoms with Crippen molar-refractivity contribution < 1.29 is 44.6 Å². The lowest BCUT2D eigenvalue weighted by Gasteiger charge is -2.38. The maximum Gasteiger partial charge on any atom is 0.430 e. The largest absolute Gasteiger partial charge is 0.430 e. The van der Waals surface area contributed by atoms with Gasteiger partial charge in [-0.25, -0.2) is 4.21 Å². The normalized spacial score (nSPS) is 17.0. The van der Waals surface area contributed by atoms with Crippen LogP contribution in [0, 0.1) is 0 Å². The average Bonchev–Trinajstić information content (AvgIpc) is 2.86. The van der Waals surface area contributed by atoms with Gasteiger partial charge in [-0.1, -0.05) is 42.8 Å². The number of carbonyl (C=O) groups excluding carboxylic acids is 1. The highest BCUT2D eigenvalue weighted by Gasteiger charge is 2.73. The first kappa shape index (κ1) is 31.1. The van der Waals surface area contributed by atoms with Crippen LogP contribution in [0.15, 0.2) is 48.5 Å². The third-order valence-corrected chi connectivity index (χ3v) is 7.54. The van der Waals surface area contributed by atoms with E-state index in [0.29, 0.717) is 36.3 Å². The number of benzene rings is 2. The van der Waals surface area contributed by atoms with Crippen molar-refractivity contribution in [3.05, 3.63) is 65.2 Å². The fourth-order valence-corrected chi connectivity index (χ4v) is 4.84. The van der Waals surface area contributed by atoms with E-state index in [2.05, 4.69) is 10.1 Å². The van der Waals surface area contributed by atoms with Crippen LogP contribution < -0.4 is 5.32 Å². The van der Waals surface area contributed by atoms with Gasteiger partial charge in [0.05, 0.1) is 18.3 Å². The van der Waals surface area contributed by atoms with Crippen molar-refractivity contribution >= 4 is 22.7 Å². The molecule has 0 bridgehead atoms. The van der Waals surface area contributed by atoms with E-state index in [1.165, 1.54) is 0 Å². The van der Waals surface area contributed by atoms with Crippen LogP contribution in [0.3, 0.4) is 0 Å². The smallest absolute Gasteiger partial charge is 0.353 e. The molecule has 2 N–H and O–H groups in total. The van der Waals surface area contributed by atoms with Gasteiger partial charge in [-0.05, 0) is 56.1 Å². The number of alkyl halides is 6. The molecule has 1 fully saturated rings. The number of likely N-dealkylation sites (tertiary alicyclic amines) is 1. The highest BCUT2D eigenvalue weighted by atomic mass is 32.2. The Morgan fingerprint density at radius 2 is 1.54 bits per heavy atom. The summed E-state index contributed by atoms with van der Waals surface area (Å²) >= 11 is -2.06. The number of hydrogen-bond acceptors (Lipinski definition) is 4. The molecule has 1 amide bonds. The molecule has 0 saturated carbocycles. The summed E-state index contributed by atoms with van der Waals surface area (Å²) in [7, 11) is 0. The molecule has 1 saturated heterocycles. The maximum atomic E-state index is 14.0. The van der Waals surface area contributed by atoms with Crippen LogP contribution in [-0.2, 0) is 32.6 Å². The minimum absolute atomic E-state index is 0.0104. The Labute approximate surface area is 225 Å². The van der Waals surface area contributed by atoms with Crippen molar-refractivity contribution in [2.75, 3.05) is 31.6 Å². The van der Waals surface area contributed by atoms with Crippen molar-refractivity contribution in [1.82, 2.24) is 4.90 Å². The van der Waals surface area contributed by atoms with Gasteiger partial charge in [-0.3, -0.25) is 4.79 Å². The van der Waals surface area contributed by atoms with Gasteiger partial charge in [0.25, 0.3) is 5.60 Å². The summed E-state index contributed by atoms with van der Waals surface area (Å²) in [5.74, 6) is -0.551. The summed E-state index contributed by atoms with van der Waals surface area (Å²) < 4.78 is 109. The predicted molar refractivity (Wildman–Crippen MR) is 134 cm³/mol. The third-order valence-electron chi connectivity index (χ3n) is 6.66. The molecule has 0 aromatic heterocycles. The van der Waals surface area contributed by atoms with Crippen LogP contribution in [0.25, 0.3) is 0 Å². The summed E-state index contributed by atoms with van der Waals surface area (Å²) in [4.78, 5) is 14.2. The Morgan fingerprint density at radius 3 is 2.05 bits per heavy atom. The van der Waals surface area contributed by atoms with Gasteiger partial charge in [0.1, 0.15) is 0 Å². The Balaban J connectivity index is 1.72. The summed E-state index contributed by atoms with van der Waals surface area (Å²) in [5.41, 5.74) is -4.50. The molecular weight excluding hydrogens is 550 g/mol. The van der Waals surface area contributed by atoms with Crippen LogP contribution in [0.5, 0.6) is 0 Å². The lowest BCUT2D eigenvalue weighted by atomic mass is 9.91. The van der Waals surface area contributed by atoms with Crippen molar-refractivity contribution in [3.8, 4) is 0 Å². The van der Waals surface area contributed by atoms with Gasteiger partial charge < -0.3 is 19.5 Å². The van der Waals surface area contributed by atoms with Gasteiger partial charge >= 0.3 is 12.4 Å². The molecule has 6 nitrogen and oxygen atoms in total. The van der Waals surface area contributed by atoms with E-state index >= 15 is 0 Å². The highest BCUT2D eigenvalue weighted by molar-refractivity contribution is 7.79. The zero-order valence-corrected chi connectivity index (χ0v) is 22.0. The molecule has 2 unspecified atom stereocenters. The van der Waals surface area contributed by atoms with Crippen molar-refractivity contribution in [1.29, 1.82) is 0 Å². The minimum Gasteiger partial charge on any atom is -0.353 e. The number of ether oxygens (including phenoxy) is 1. The molecule has 13 heteroatoms. The molecule has 1 aliphatic heterocycles. The van der Waals surface area contributed by atoms with Crippen molar-refractivity contribution in [2.24, 2.45) is 0 Å². The monoisotopic (exact) mass is 580 g/mol. The second kappa shape index (κ2) is 12.8. The fraction of sp³-hybridized carbons (Fsp3) is 0.500. The molecule has 39 heavy (non-hydrogen) atoms. The van der Waals surface area contributed by atoms with Gasteiger partial charge in [-0.2, -0.15) is 26.3 Å². The molecule has 0 spiro atoms. The molecule has 2 aromatic carbocycles. The van der Waals surface area contributed by atoms with E-state index < -0.39 is 52.4 Å². The number of nitrogens with one attached hydrogen (secondary N) is 1. The number of hydrogen-bond donors (Lipinski definition) is 2. The Kier molecular flexibility index (Phi) is 10.2. The Bertz CT molecular complexity index is 1100. The molecule has 3 rings (SSSR count). The first-order valence-corrected chi connectivity index (χ1v) is 13.5. The third kappa shape index (κ3) is 7.59. The second-order valence-electron chi connectivity index (χ2n) is 9.39. The molecule has 0 radical (unpaired) electrons. The summed E-state index contributed by atoms with van der Waals surface area (Å²) in [6.45, 7) is 1.93. The van der Waals surface area contributed by atoms with E-state index in [1.807, 2.05) is 0 Å². The quantitative estimate of drug-likeness (QED) is 0.267. The van der Waals surface area contributed by atoms with Gasteiger partial charge in [0, 0.05) is 17.8 Å². The lowest BCUT2D eigenvalue weighted by molar-refractivity contribution is -0.389. The lowest BCUT2D eigenvalue weighted by Crippen LogP contribution is -2.56. The Morgan fingerprint density at radius 1 is 0.974 bits per heavy atom. The van der Waals surface area contributed by atoms with Crippen LogP contribution in [0.1, 0.15) is 48.1 Å². The summed E-state index contributed by atoms with van der Waals surface area (Å²) in [5, 5.41) is 1.83. The van der Waals surface area contributed by atoms with E-state index in [9.17, 15) is 39.9 Å². The number of carbonyl (C=O) groups is 1. The molecule has 2 atom stereocenters. The maximum absolute atomic E-state index is 14.0. The van der Waals surface area contributed by atoms with E-state index in [0.717, 1.165) is 31.4 Å². The van der Waals surface area contributed by atoms with Gasteiger partial charge in [-0.15, -0.1) is 0 Å². The Hall–Kier alpha value is -2.48. The topological polar surface area (TPSA) is 78.9 Å². The van der Waals surface area contributed by atoms with E-state index in [1.54, 1.807) is 36.1 Å². The van der Waals surface area contributed by atoms with Crippen molar-refractivity contribution in [3.63, 3.8) is 0 Å². The van der Waals surface area contributed by atoms with Crippen LogP contribution >= 0.6 is 0 Å². The molecule has 216 valence electrons. The first-order valence-electron chi connectivity index (χ1n) is 12.3. The number of amides is 1. The number of anilines is 1. The predicted octanol–water partition coefficient (Wildman–Crippen LogP) is 5.97. The molecule has 1 heterocycles. The zero-order valence-electron chi connectivity index (χ0n) is 21.1. The standard InChI is InChI=1S/C26H30F6N2O4S/c1-18(39(36)37)20-7-5-19(6-8-20)17-23(35)33-22-11-9-21(10-12-22)24(25(27,28)29,26(30,31)32)38-16-15-34-13-3-2-4-14-34/h5-12,18H,2-4,13-17H2,1H3,(H,33,35)(H,36,37). The molecule has 1 aliphatic rings. The summed E-state index contributed by atoms with van der Waals surface area (Å²) in [6.07, 6.45) is -9.09. The number of rotatable bonds is 10. The molecule has 0 aliphatic carbocycles.